The van der Waals surface area contributed by atoms with Crippen LogP contribution in [-0.4, -0.2) is 37.2 Å². The molecule has 128 valence electrons. The van der Waals surface area contributed by atoms with Crippen LogP contribution >= 0.6 is 47.8 Å². The predicted octanol–water partition coefficient (Wildman–Crippen LogP) is 3.12. The lowest BCUT2D eigenvalue weighted by molar-refractivity contribution is -0.144. The largest absolute Gasteiger partial charge is 0.464 e. The molecule has 0 bridgehead atoms. The zero-order valence-corrected chi connectivity index (χ0v) is 17.1. The van der Waals surface area contributed by atoms with Crippen LogP contribution in [0.25, 0.3) is 0 Å². The second-order valence-electron chi connectivity index (χ2n) is 4.31. The molecule has 0 aliphatic heterocycles. The van der Waals surface area contributed by atoms with Crippen LogP contribution in [0.3, 0.4) is 0 Å². The zero-order valence-electron chi connectivity index (χ0n) is 11.5. The highest BCUT2D eigenvalue weighted by atomic mass is 79.9. The Labute approximate surface area is 158 Å². The molecule has 0 aliphatic carbocycles. The summed E-state index contributed by atoms with van der Waals surface area (Å²) in [5.41, 5.74) is 0.539. The number of ether oxygens (including phenoxy) is 1. The molecule has 0 fully saturated rings. The van der Waals surface area contributed by atoms with Crippen LogP contribution in [0.15, 0.2) is 25.6 Å². The van der Waals surface area contributed by atoms with Crippen molar-refractivity contribution in [2.24, 2.45) is 0 Å². The number of rotatable bonds is 7. The Morgan fingerprint density at radius 2 is 1.70 bits per heavy atom. The fourth-order valence-corrected chi connectivity index (χ4v) is 3.11. The summed E-state index contributed by atoms with van der Waals surface area (Å²) in [4.78, 5) is 23.1. The molecule has 1 rings (SSSR count). The smallest absolute Gasteiger partial charge is 0.306 e. The molecule has 0 saturated heterocycles. The van der Waals surface area contributed by atoms with Crippen molar-refractivity contribution < 1.29 is 27.3 Å². The Morgan fingerprint density at radius 3 is 2.22 bits per heavy atom. The van der Waals surface area contributed by atoms with Gasteiger partial charge in [0.2, 0.25) is 5.91 Å². The molecule has 1 amide bonds. The SMILES string of the molecule is O=C(CCC(=O)OCCS(=O)(=O)O)Nc1cc(Br)c(Br)c(Br)c1. The van der Waals surface area contributed by atoms with E-state index in [-0.39, 0.29) is 12.8 Å². The van der Waals surface area contributed by atoms with Gasteiger partial charge in [-0.1, -0.05) is 0 Å². The zero-order chi connectivity index (χ0) is 17.6. The molecule has 1 aromatic rings. The number of benzene rings is 1. The molecule has 1 aromatic carbocycles. The average Bonchev–Trinajstić information content (AvgIpc) is 2.41. The number of carbonyl (C=O) groups excluding carboxylic acids is 2. The lowest BCUT2D eigenvalue weighted by Crippen LogP contribution is -2.17. The van der Waals surface area contributed by atoms with Crippen molar-refractivity contribution in [1.29, 1.82) is 0 Å². The molecule has 2 N–H and O–H groups in total. The van der Waals surface area contributed by atoms with E-state index < -0.39 is 34.4 Å². The van der Waals surface area contributed by atoms with Gasteiger partial charge < -0.3 is 10.1 Å². The molecule has 7 nitrogen and oxygen atoms in total. The first-order valence-corrected chi connectivity index (χ1v) is 10.1. The van der Waals surface area contributed by atoms with E-state index in [2.05, 4.69) is 57.8 Å². The van der Waals surface area contributed by atoms with E-state index in [1.807, 2.05) is 0 Å². The predicted molar refractivity (Wildman–Crippen MR) is 94.8 cm³/mol. The highest BCUT2D eigenvalue weighted by molar-refractivity contribution is 9.14. The number of nitrogens with one attached hydrogen (secondary N) is 1. The van der Waals surface area contributed by atoms with Crippen molar-refractivity contribution in [2.75, 3.05) is 17.7 Å². The van der Waals surface area contributed by atoms with Crippen LogP contribution in [0.5, 0.6) is 0 Å². The van der Waals surface area contributed by atoms with Gasteiger partial charge in [-0.15, -0.1) is 0 Å². The van der Waals surface area contributed by atoms with Crippen LogP contribution in [0.1, 0.15) is 12.8 Å². The summed E-state index contributed by atoms with van der Waals surface area (Å²) in [5.74, 6) is -1.79. The maximum atomic E-state index is 11.8. The van der Waals surface area contributed by atoms with Crippen LogP contribution in [0.4, 0.5) is 5.69 Å². The Hall–Kier alpha value is -0.490. The third-order valence-electron chi connectivity index (χ3n) is 2.43. The van der Waals surface area contributed by atoms with Crippen molar-refractivity contribution in [2.45, 2.75) is 12.8 Å². The van der Waals surface area contributed by atoms with E-state index in [4.69, 9.17) is 4.55 Å². The number of carbonyl (C=O) groups is 2. The van der Waals surface area contributed by atoms with Gasteiger partial charge in [-0.3, -0.25) is 14.1 Å². The van der Waals surface area contributed by atoms with Gasteiger partial charge in [-0.05, 0) is 59.9 Å². The van der Waals surface area contributed by atoms with Crippen molar-refractivity contribution >= 4 is 75.5 Å². The second-order valence-corrected chi connectivity index (χ2v) is 8.38. The third kappa shape index (κ3) is 8.25. The van der Waals surface area contributed by atoms with Gasteiger partial charge in [0.05, 0.1) is 6.42 Å². The van der Waals surface area contributed by atoms with Crippen molar-refractivity contribution in [1.82, 2.24) is 0 Å². The number of anilines is 1. The molecule has 0 heterocycles. The average molecular weight is 538 g/mol. The topological polar surface area (TPSA) is 110 Å². The first kappa shape index (κ1) is 20.6. The van der Waals surface area contributed by atoms with Crippen LogP contribution in [0, 0.1) is 0 Å². The van der Waals surface area contributed by atoms with Crippen LogP contribution < -0.4 is 5.32 Å². The molecule has 0 unspecified atom stereocenters. The number of halogens is 3. The van der Waals surface area contributed by atoms with E-state index in [9.17, 15) is 18.0 Å². The number of hydrogen-bond donors (Lipinski definition) is 2. The van der Waals surface area contributed by atoms with Gasteiger partial charge in [0, 0.05) is 25.5 Å². The maximum Gasteiger partial charge on any atom is 0.306 e. The van der Waals surface area contributed by atoms with E-state index in [1.54, 1.807) is 12.1 Å². The van der Waals surface area contributed by atoms with Crippen molar-refractivity contribution in [3.05, 3.63) is 25.6 Å². The lowest BCUT2D eigenvalue weighted by atomic mass is 10.2. The summed E-state index contributed by atoms with van der Waals surface area (Å²) in [5, 5.41) is 2.62. The third-order valence-corrected chi connectivity index (χ3v) is 6.28. The highest BCUT2D eigenvalue weighted by Gasteiger charge is 2.12. The summed E-state index contributed by atoms with van der Waals surface area (Å²) >= 11 is 9.98. The summed E-state index contributed by atoms with van der Waals surface area (Å²) < 4.78 is 36.3. The minimum absolute atomic E-state index is 0.115. The summed E-state index contributed by atoms with van der Waals surface area (Å²) in [6.07, 6.45) is -0.313. The van der Waals surface area contributed by atoms with Crippen LogP contribution in [-0.2, 0) is 24.4 Å². The molecular formula is C12H12Br3NO6S. The van der Waals surface area contributed by atoms with Crippen molar-refractivity contribution in [3.63, 3.8) is 0 Å². The first-order valence-electron chi connectivity index (χ1n) is 6.13. The van der Waals surface area contributed by atoms with Gasteiger partial charge in [-0.2, -0.15) is 8.42 Å². The van der Waals surface area contributed by atoms with E-state index in [0.29, 0.717) is 5.69 Å². The molecule has 11 heteroatoms. The van der Waals surface area contributed by atoms with Crippen LogP contribution in [0.2, 0.25) is 0 Å². The molecule has 0 spiro atoms. The minimum Gasteiger partial charge on any atom is -0.464 e. The first-order chi connectivity index (χ1) is 10.6. The second kappa shape index (κ2) is 9.11. The normalized spacial score (nSPS) is 11.1. The summed E-state index contributed by atoms with van der Waals surface area (Å²) in [6.45, 7) is -0.452. The van der Waals surface area contributed by atoms with Gasteiger partial charge in [0.25, 0.3) is 10.1 Å². The number of hydrogen-bond acceptors (Lipinski definition) is 5. The molecule has 23 heavy (non-hydrogen) atoms. The molecular weight excluding hydrogens is 526 g/mol. The van der Waals surface area contributed by atoms with E-state index >= 15 is 0 Å². The molecule has 0 atom stereocenters. The molecule has 0 aliphatic rings. The standard InChI is InChI=1S/C12H12Br3NO6S/c13-8-5-7(6-9(14)12(8)15)16-10(17)1-2-11(18)22-3-4-23(19,20)21/h5-6H,1-4H2,(H,16,17)(H,19,20,21). The fourth-order valence-electron chi connectivity index (χ4n) is 1.40. The maximum absolute atomic E-state index is 11.8. The molecule has 0 aromatic heterocycles. The highest BCUT2D eigenvalue weighted by Crippen LogP contribution is 2.34. The van der Waals surface area contributed by atoms with Gasteiger partial charge in [0.1, 0.15) is 12.4 Å². The summed E-state index contributed by atoms with van der Waals surface area (Å²) in [7, 11) is -4.17. The van der Waals surface area contributed by atoms with E-state index in [1.165, 1.54) is 0 Å². The monoisotopic (exact) mass is 535 g/mol. The Kier molecular flexibility index (Phi) is 8.14. The van der Waals surface area contributed by atoms with Gasteiger partial charge >= 0.3 is 5.97 Å². The molecule has 0 saturated carbocycles. The minimum atomic E-state index is -4.17. The lowest BCUT2D eigenvalue weighted by Gasteiger charge is -2.08. The molecule has 0 radical (unpaired) electrons. The Bertz CT molecular complexity index is 684. The number of amides is 1. The van der Waals surface area contributed by atoms with Gasteiger partial charge in [0.15, 0.2) is 0 Å². The Morgan fingerprint density at radius 1 is 1.13 bits per heavy atom. The summed E-state index contributed by atoms with van der Waals surface area (Å²) in [6, 6.07) is 3.38. The quantitative estimate of drug-likeness (QED) is 0.314. The van der Waals surface area contributed by atoms with Crippen molar-refractivity contribution in [3.8, 4) is 0 Å². The van der Waals surface area contributed by atoms with E-state index in [0.717, 1.165) is 13.4 Å². The fraction of sp³-hybridized carbons (Fsp3) is 0.333. The van der Waals surface area contributed by atoms with Gasteiger partial charge in [-0.25, -0.2) is 0 Å². The number of esters is 1. The Balaban J connectivity index is 2.41.